The number of carbonyl (C=O) groups excluding carboxylic acids is 1. The van der Waals surface area contributed by atoms with Crippen LogP contribution >= 0.6 is 0 Å². The summed E-state index contributed by atoms with van der Waals surface area (Å²) in [6.45, 7) is 6.54. The van der Waals surface area contributed by atoms with Gasteiger partial charge in [-0.2, -0.15) is 5.10 Å². The summed E-state index contributed by atoms with van der Waals surface area (Å²) in [6.07, 6.45) is 0.0523. The average Bonchev–Trinajstić information content (AvgIpc) is 2.75. The van der Waals surface area contributed by atoms with Gasteiger partial charge < -0.3 is 14.2 Å². The zero-order valence-corrected chi connectivity index (χ0v) is 18.9. The van der Waals surface area contributed by atoms with E-state index in [1.54, 1.807) is 0 Å². The van der Waals surface area contributed by atoms with Crippen LogP contribution in [0, 0.1) is 5.82 Å². The van der Waals surface area contributed by atoms with Gasteiger partial charge in [0.05, 0.1) is 36.2 Å². The van der Waals surface area contributed by atoms with Crippen LogP contribution in [-0.2, 0) is 9.84 Å². The highest BCUT2D eigenvalue weighted by Gasteiger charge is 2.28. The minimum absolute atomic E-state index is 0.00326. The smallest absolute Gasteiger partial charge is 0.271 e. The number of hydrogen-bond donors (Lipinski definition) is 1. The highest BCUT2D eigenvalue weighted by molar-refractivity contribution is 7.91. The summed E-state index contributed by atoms with van der Waals surface area (Å²) in [5, 5.41) is 4.09. The van der Waals surface area contributed by atoms with Crippen LogP contribution in [0.2, 0.25) is 0 Å². The summed E-state index contributed by atoms with van der Waals surface area (Å²) in [4.78, 5) is 12.8. The van der Waals surface area contributed by atoms with Crippen molar-refractivity contribution in [1.29, 1.82) is 0 Å². The molecule has 1 aliphatic heterocycles. The highest BCUT2D eigenvalue weighted by Crippen LogP contribution is 2.39. The highest BCUT2D eigenvalue weighted by atomic mass is 32.2. The van der Waals surface area contributed by atoms with Gasteiger partial charge in [-0.05, 0) is 51.1 Å². The van der Waals surface area contributed by atoms with Crippen LogP contribution in [0.5, 0.6) is 17.2 Å². The fourth-order valence-electron chi connectivity index (χ4n) is 3.29. The fraction of sp³-hybridized carbons (Fsp3) is 0.364. The van der Waals surface area contributed by atoms with E-state index < -0.39 is 21.6 Å². The Kier molecular flexibility index (Phi) is 7.34. The molecule has 8 nitrogen and oxygen atoms in total. The van der Waals surface area contributed by atoms with Gasteiger partial charge in [0.15, 0.2) is 21.3 Å². The lowest BCUT2D eigenvalue weighted by atomic mass is 10.1. The van der Waals surface area contributed by atoms with E-state index in [0.29, 0.717) is 37.1 Å². The molecule has 0 unspecified atom stereocenters. The van der Waals surface area contributed by atoms with E-state index in [1.807, 2.05) is 20.8 Å². The molecule has 32 heavy (non-hydrogen) atoms. The molecule has 0 saturated carbocycles. The van der Waals surface area contributed by atoms with Crippen molar-refractivity contribution in [2.75, 3.05) is 25.6 Å². The van der Waals surface area contributed by atoms with Crippen molar-refractivity contribution < 1.29 is 31.8 Å². The van der Waals surface area contributed by atoms with Crippen LogP contribution in [-0.4, -0.2) is 45.6 Å². The minimum atomic E-state index is -3.52. The Balaban J connectivity index is 1.94. The minimum Gasteiger partial charge on any atom is -0.490 e. The predicted octanol–water partition coefficient (Wildman–Crippen LogP) is 3.33. The van der Waals surface area contributed by atoms with Crippen molar-refractivity contribution in [1.82, 2.24) is 5.43 Å². The van der Waals surface area contributed by atoms with Gasteiger partial charge >= 0.3 is 0 Å². The van der Waals surface area contributed by atoms with Gasteiger partial charge in [0.2, 0.25) is 5.75 Å². The number of nitrogens with zero attached hydrogens (tertiary/aromatic N) is 1. The summed E-state index contributed by atoms with van der Waals surface area (Å²) in [7, 11) is -3.52. The third-order valence-electron chi connectivity index (χ3n) is 4.66. The molecule has 1 amide bonds. The largest absolute Gasteiger partial charge is 0.490 e. The number of fused-ring (bicyclic) bond motifs is 1. The second-order valence-corrected chi connectivity index (χ2v) is 8.89. The number of carbonyl (C=O) groups is 1. The summed E-state index contributed by atoms with van der Waals surface area (Å²) >= 11 is 0. The molecule has 2 aromatic rings. The molecular weight excluding hydrogens is 439 g/mol. The molecule has 1 aliphatic rings. The maximum Gasteiger partial charge on any atom is 0.271 e. The molecule has 0 spiro atoms. The van der Waals surface area contributed by atoms with Gasteiger partial charge in [0, 0.05) is 17.5 Å². The molecule has 0 bridgehead atoms. The van der Waals surface area contributed by atoms with E-state index in [2.05, 4.69) is 10.5 Å². The first-order valence-electron chi connectivity index (χ1n) is 10.3. The molecule has 2 aromatic carbocycles. The van der Waals surface area contributed by atoms with Crippen molar-refractivity contribution in [3.05, 3.63) is 47.3 Å². The van der Waals surface area contributed by atoms with Crippen LogP contribution in [0.3, 0.4) is 0 Å². The molecule has 0 radical (unpaired) electrons. The lowest BCUT2D eigenvalue weighted by Gasteiger charge is -2.18. The molecule has 172 valence electrons. The van der Waals surface area contributed by atoms with Gasteiger partial charge in [-0.15, -0.1) is 0 Å². The Bertz CT molecular complexity index is 1120. The Hall–Kier alpha value is -3.14. The quantitative estimate of drug-likeness (QED) is 0.475. The Morgan fingerprint density at radius 1 is 1.03 bits per heavy atom. The topological polar surface area (TPSA) is 103 Å². The number of amides is 1. The van der Waals surface area contributed by atoms with Gasteiger partial charge in [0.25, 0.3) is 5.91 Å². The molecule has 0 atom stereocenters. The SMILES string of the molecule is CCOc1cc(C(=O)NN=C2CCS(=O)(=O)c3ccc(F)cc32)cc(OCC)c1OCC. The first kappa shape index (κ1) is 23.5. The second kappa shape index (κ2) is 9.99. The van der Waals surface area contributed by atoms with Crippen molar-refractivity contribution in [2.45, 2.75) is 32.1 Å². The standard InChI is InChI=1S/C22H25FN2O6S/c1-4-29-18-11-14(12-19(30-5-2)21(18)31-6-3)22(26)25-24-17-9-10-32(27,28)20-8-7-15(23)13-16(17)20/h7-8,11-13H,4-6,9-10H2,1-3H3,(H,25,26). The first-order chi connectivity index (χ1) is 15.3. The Morgan fingerprint density at radius 3 is 2.25 bits per heavy atom. The molecule has 0 saturated heterocycles. The predicted molar refractivity (Wildman–Crippen MR) is 117 cm³/mol. The average molecular weight is 465 g/mol. The van der Waals surface area contributed by atoms with Crippen molar-refractivity contribution in [3.8, 4) is 17.2 Å². The van der Waals surface area contributed by atoms with E-state index >= 15 is 0 Å². The molecule has 0 aromatic heterocycles. The second-order valence-electron chi connectivity index (χ2n) is 6.81. The van der Waals surface area contributed by atoms with Crippen LogP contribution < -0.4 is 19.6 Å². The first-order valence-corrected chi connectivity index (χ1v) is 11.9. The third kappa shape index (κ3) is 5.01. The molecule has 10 heteroatoms. The lowest BCUT2D eigenvalue weighted by molar-refractivity contribution is 0.0953. The number of ether oxygens (including phenoxy) is 3. The van der Waals surface area contributed by atoms with Crippen LogP contribution in [0.25, 0.3) is 0 Å². The van der Waals surface area contributed by atoms with E-state index in [0.717, 1.165) is 12.1 Å². The van der Waals surface area contributed by atoms with Crippen LogP contribution in [0.15, 0.2) is 40.3 Å². The third-order valence-corrected chi connectivity index (χ3v) is 6.43. The van der Waals surface area contributed by atoms with E-state index in [-0.39, 0.29) is 33.9 Å². The molecule has 3 rings (SSSR count). The number of halogens is 1. The molecule has 0 aliphatic carbocycles. The summed E-state index contributed by atoms with van der Waals surface area (Å²) in [5.41, 5.74) is 3.07. The number of sulfone groups is 1. The lowest BCUT2D eigenvalue weighted by Crippen LogP contribution is -2.26. The van der Waals surface area contributed by atoms with Crippen LogP contribution in [0.1, 0.15) is 43.1 Å². The molecule has 1 N–H and O–H groups in total. The molecular formula is C22H25FN2O6S. The number of hydrogen-bond acceptors (Lipinski definition) is 7. The monoisotopic (exact) mass is 464 g/mol. The summed E-state index contributed by atoms with van der Waals surface area (Å²) < 4.78 is 55.1. The number of nitrogens with one attached hydrogen (secondary N) is 1. The maximum atomic E-state index is 13.7. The van der Waals surface area contributed by atoms with Crippen molar-refractivity contribution in [2.24, 2.45) is 5.10 Å². The number of hydrazone groups is 1. The van der Waals surface area contributed by atoms with Gasteiger partial charge in [-0.3, -0.25) is 4.79 Å². The van der Waals surface area contributed by atoms with E-state index in [4.69, 9.17) is 14.2 Å². The summed E-state index contributed by atoms with van der Waals surface area (Å²) in [6, 6.07) is 6.44. The fourth-order valence-corrected chi connectivity index (χ4v) is 4.76. The zero-order chi connectivity index (χ0) is 23.3. The van der Waals surface area contributed by atoms with Crippen LogP contribution in [0.4, 0.5) is 4.39 Å². The number of benzene rings is 2. The maximum absolute atomic E-state index is 13.7. The Labute approximate surface area is 186 Å². The van der Waals surface area contributed by atoms with Crippen molar-refractivity contribution in [3.63, 3.8) is 0 Å². The zero-order valence-electron chi connectivity index (χ0n) is 18.1. The van der Waals surface area contributed by atoms with E-state index in [9.17, 15) is 17.6 Å². The van der Waals surface area contributed by atoms with Gasteiger partial charge in [0.1, 0.15) is 5.82 Å². The van der Waals surface area contributed by atoms with Crippen molar-refractivity contribution >= 4 is 21.5 Å². The molecule has 0 fully saturated rings. The Morgan fingerprint density at radius 2 is 1.66 bits per heavy atom. The summed E-state index contributed by atoms with van der Waals surface area (Å²) in [5.74, 6) is -0.209. The normalized spacial score (nSPS) is 15.7. The number of rotatable bonds is 8. The van der Waals surface area contributed by atoms with E-state index in [1.165, 1.54) is 18.2 Å². The van der Waals surface area contributed by atoms with Gasteiger partial charge in [-0.25, -0.2) is 18.2 Å². The van der Waals surface area contributed by atoms with Gasteiger partial charge in [-0.1, -0.05) is 0 Å². The molecule has 1 heterocycles.